The third-order valence-corrected chi connectivity index (χ3v) is 2.80. The monoisotopic (exact) mass is 271 g/mol. The van der Waals surface area contributed by atoms with Gasteiger partial charge in [-0.1, -0.05) is 6.07 Å². The Balaban J connectivity index is 2.37. The van der Waals surface area contributed by atoms with Crippen molar-refractivity contribution >= 4 is 5.69 Å². The van der Waals surface area contributed by atoms with Gasteiger partial charge in [-0.05, 0) is 30.7 Å². The van der Waals surface area contributed by atoms with Crippen molar-refractivity contribution < 1.29 is 14.2 Å². The van der Waals surface area contributed by atoms with E-state index in [1.165, 1.54) is 7.11 Å². The van der Waals surface area contributed by atoms with Gasteiger partial charge in [0.25, 0.3) is 0 Å². The molecule has 0 aliphatic heterocycles. The highest BCUT2D eigenvalue weighted by Crippen LogP contribution is 2.38. The highest BCUT2D eigenvalue weighted by molar-refractivity contribution is 5.56. The predicted molar refractivity (Wildman–Crippen MR) is 75.5 cm³/mol. The molecule has 0 bridgehead atoms. The molecular formula is C15H15N2O3+. The first kappa shape index (κ1) is 13.7. The molecule has 0 aliphatic rings. The van der Waals surface area contributed by atoms with Crippen LogP contribution in [-0.4, -0.2) is 14.2 Å². The number of benzene rings is 2. The van der Waals surface area contributed by atoms with Crippen LogP contribution in [0, 0.1) is 12.3 Å². The third kappa shape index (κ3) is 2.81. The summed E-state index contributed by atoms with van der Waals surface area (Å²) in [6.45, 7) is 1.98. The lowest BCUT2D eigenvalue weighted by atomic mass is 10.2. The van der Waals surface area contributed by atoms with Gasteiger partial charge in [-0.2, -0.15) is 0 Å². The molecule has 2 aromatic carbocycles. The summed E-state index contributed by atoms with van der Waals surface area (Å²) in [4.78, 5) is 3.11. The molecule has 0 amide bonds. The van der Waals surface area contributed by atoms with Crippen molar-refractivity contribution in [2.24, 2.45) is 0 Å². The Morgan fingerprint density at radius 2 is 1.45 bits per heavy atom. The summed E-state index contributed by atoms with van der Waals surface area (Å²) in [5.41, 5.74) is 1.47. The van der Waals surface area contributed by atoms with Gasteiger partial charge in [0.1, 0.15) is 0 Å². The Kier molecular flexibility index (Phi) is 4.06. The van der Waals surface area contributed by atoms with Crippen LogP contribution in [0.5, 0.6) is 23.0 Å². The average molecular weight is 271 g/mol. The van der Waals surface area contributed by atoms with E-state index in [1.54, 1.807) is 25.3 Å². The zero-order valence-electron chi connectivity index (χ0n) is 11.6. The Hall–Kier alpha value is -2.74. The minimum absolute atomic E-state index is 0.394. The van der Waals surface area contributed by atoms with E-state index >= 15 is 0 Å². The van der Waals surface area contributed by atoms with E-state index in [9.17, 15) is 0 Å². The molecular weight excluding hydrogens is 256 g/mol. The molecule has 0 unspecified atom stereocenters. The number of diazo groups is 1. The highest BCUT2D eigenvalue weighted by atomic mass is 16.5. The maximum atomic E-state index is 8.76. The number of hydrogen-bond donors (Lipinski definition) is 0. The molecule has 0 fully saturated rings. The lowest BCUT2D eigenvalue weighted by Gasteiger charge is -2.12. The smallest absolute Gasteiger partial charge is 0.389 e. The number of hydrogen-bond acceptors (Lipinski definition) is 4. The van der Waals surface area contributed by atoms with Gasteiger partial charge < -0.3 is 14.2 Å². The van der Waals surface area contributed by atoms with Crippen molar-refractivity contribution in [1.29, 1.82) is 5.39 Å². The van der Waals surface area contributed by atoms with Crippen molar-refractivity contribution in [3.63, 3.8) is 0 Å². The molecule has 5 nitrogen and oxygen atoms in total. The van der Waals surface area contributed by atoms with Crippen molar-refractivity contribution in [3.8, 4) is 23.0 Å². The number of rotatable bonds is 4. The fourth-order valence-corrected chi connectivity index (χ4v) is 1.78. The number of nitrogens with zero attached hydrogens (tertiary/aromatic N) is 2. The first-order valence-electron chi connectivity index (χ1n) is 6.03. The van der Waals surface area contributed by atoms with Crippen molar-refractivity contribution in [1.82, 2.24) is 0 Å². The Morgan fingerprint density at radius 1 is 0.850 bits per heavy atom. The van der Waals surface area contributed by atoms with Crippen LogP contribution < -0.4 is 14.2 Å². The molecule has 0 aliphatic carbocycles. The Labute approximate surface area is 117 Å². The molecule has 20 heavy (non-hydrogen) atoms. The molecule has 0 atom stereocenters. The largest absolute Gasteiger partial charge is 0.493 e. The second kappa shape index (κ2) is 5.93. The molecule has 0 N–H and O–H groups in total. The van der Waals surface area contributed by atoms with Crippen LogP contribution in [0.1, 0.15) is 5.56 Å². The van der Waals surface area contributed by atoms with E-state index in [1.807, 2.05) is 25.1 Å². The number of ether oxygens (including phenoxy) is 3. The lowest BCUT2D eigenvalue weighted by Crippen LogP contribution is -1.93. The van der Waals surface area contributed by atoms with E-state index < -0.39 is 0 Å². The third-order valence-electron chi connectivity index (χ3n) is 2.80. The average Bonchev–Trinajstić information content (AvgIpc) is 2.49. The summed E-state index contributed by atoms with van der Waals surface area (Å²) in [5, 5.41) is 8.76. The van der Waals surface area contributed by atoms with Crippen molar-refractivity contribution in [2.75, 3.05) is 14.2 Å². The number of methoxy groups -OCH3 is 2. The van der Waals surface area contributed by atoms with E-state index in [0.29, 0.717) is 28.7 Å². The summed E-state index contributed by atoms with van der Waals surface area (Å²) in [5.74, 6) is 2.22. The topological polar surface area (TPSA) is 55.8 Å². The van der Waals surface area contributed by atoms with Crippen LogP contribution in [0.2, 0.25) is 0 Å². The molecule has 5 heteroatoms. The second-order valence-corrected chi connectivity index (χ2v) is 4.19. The Bertz CT molecular complexity index is 663. The molecule has 102 valence electrons. The standard InChI is InChI=1S/C15H15N2O3/c1-10-4-6-12(14(8-10)18-2)20-13-7-5-11(17-16)9-15(13)19-3/h4-9H,1-3H3/q+1. The zero-order valence-corrected chi connectivity index (χ0v) is 11.6. The van der Waals surface area contributed by atoms with Crippen LogP contribution in [0.3, 0.4) is 0 Å². The fraction of sp³-hybridized carbons (Fsp3) is 0.200. The summed E-state index contributed by atoms with van der Waals surface area (Å²) in [7, 11) is 3.11. The molecule has 0 heterocycles. The highest BCUT2D eigenvalue weighted by Gasteiger charge is 2.14. The van der Waals surface area contributed by atoms with Gasteiger partial charge in [-0.3, -0.25) is 0 Å². The normalized spacial score (nSPS) is 9.70. The second-order valence-electron chi connectivity index (χ2n) is 4.19. The van der Waals surface area contributed by atoms with Crippen molar-refractivity contribution in [2.45, 2.75) is 6.92 Å². The van der Waals surface area contributed by atoms with Crippen LogP contribution >= 0.6 is 0 Å². The van der Waals surface area contributed by atoms with Crippen LogP contribution in [-0.2, 0) is 0 Å². The van der Waals surface area contributed by atoms with Gasteiger partial charge in [0, 0.05) is 6.07 Å². The van der Waals surface area contributed by atoms with E-state index in [0.717, 1.165) is 5.56 Å². The van der Waals surface area contributed by atoms with Gasteiger partial charge in [-0.25, -0.2) is 0 Å². The van der Waals surface area contributed by atoms with Crippen LogP contribution in [0.15, 0.2) is 36.4 Å². The SMILES string of the molecule is COc1cc(C)ccc1Oc1ccc([N+]#N)cc1OC. The first-order valence-corrected chi connectivity index (χ1v) is 6.03. The van der Waals surface area contributed by atoms with Gasteiger partial charge in [0.15, 0.2) is 28.0 Å². The van der Waals surface area contributed by atoms with Gasteiger partial charge >= 0.3 is 5.69 Å². The fourth-order valence-electron chi connectivity index (χ4n) is 1.78. The van der Waals surface area contributed by atoms with Crippen LogP contribution in [0.4, 0.5) is 5.69 Å². The van der Waals surface area contributed by atoms with Crippen molar-refractivity contribution in [3.05, 3.63) is 46.9 Å². The minimum atomic E-state index is 0.394. The number of aryl methyl sites for hydroxylation is 1. The molecule has 0 saturated carbocycles. The van der Waals surface area contributed by atoms with Crippen LogP contribution in [0.25, 0.3) is 4.98 Å². The first-order chi connectivity index (χ1) is 9.67. The Morgan fingerprint density at radius 3 is 2.05 bits per heavy atom. The zero-order chi connectivity index (χ0) is 14.5. The lowest BCUT2D eigenvalue weighted by molar-refractivity contribution is 0.356. The quantitative estimate of drug-likeness (QED) is 0.778. The summed E-state index contributed by atoms with van der Waals surface area (Å²) >= 11 is 0. The minimum Gasteiger partial charge on any atom is -0.493 e. The van der Waals surface area contributed by atoms with Gasteiger partial charge in [0.2, 0.25) is 5.39 Å². The molecule has 0 spiro atoms. The van der Waals surface area contributed by atoms with E-state index in [2.05, 4.69) is 4.98 Å². The molecule has 0 saturated heterocycles. The maximum absolute atomic E-state index is 8.76. The molecule has 0 aromatic heterocycles. The predicted octanol–water partition coefficient (Wildman–Crippen LogP) is 4.29. The summed E-state index contributed by atoms with van der Waals surface area (Å²) < 4.78 is 16.3. The molecule has 2 aromatic rings. The summed E-state index contributed by atoms with van der Waals surface area (Å²) in [6, 6.07) is 10.5. The molecule has 0 radical (unpaired) electrons. The summed E-state index contributed by atoms with van der Waals surface area (Å²) in [6.07, 6.45) is 0. The molecule has 2 rings (SSSR count). The van der Waals surface area contributed by atoms with Gasteiger partial charge in [-0.15, -0.1) is 0 Å². The maximum Gasteiger partial charge on any atom is 0.389 e. The van der Waals surface area contributed by atoms with Gasteiger partial charge in [0.05, 0.1) is 20.3 Å². The van der Waals surface area contributed by atoms with E-state index in [-0.39, 0.29) is 0 Å². The van der Waals surface area contributed by atoms with E-state index in [4.69, 9.17) is 19.6 Å².